The molecule has 1 unspecified atom stereocenters. The van der Waals surface area contributed by atoms with Gasteiger partial charge in [0.1, 0.15) is 5.52 Å². The van der Waals surface area contributed by atoms with E-state index >= 15 is 0 Å². The van der Waals surface area contributed by atoms with Gasteiger partial charge in [0.15, 0.2) is 11.5 Å². The van der Waals surface area contributed by atoms with Gasteiger partial charge < -0.3 is 14.6 Å². The zero-order valence-electron chi connectivity index (χ0n) is 13.6. The second-order valence-corrected chi connectivity index (χ2v) is 6.28. The number of rotatable bonds is 6. The quantitative estimate of drug-likeness (QED) is 0.878. The Bertz CT molecular complexity index is 556. The molecule has 1 aromatic carbocycles. The highest BCUT2D eigenvalue weighted by Gasteiger charge is 2.15. The second-order valence-electron chi connectivity index (χ2n) is 6.28. The Kier molecular flexibility index (Phi) is 5.08. The first-order valence-electron chi connectivity index (χ1n) is 8.19. The van der Waals surface area contributed by atoms with Crippen molar-refractivity contribution < 1.29 is 4.42 Å². The molecule has 3 rings (SSSR count). The molecule has 1 aliphatic heterocycles. The minimum absolute atomic E-state index is 0.493. The van der Waals surface area contributed by atoms with Crippen molar-refractivity contribution in [2.45, 2.75) is 19.4 Å². The van der Waals surface area contributed by atoms with Gasteiger partial charge in [-0.15, -0.1) is 0 Å². The van der Waals surface area contributed by atoms with Gasteiger partial charge in [-0.05, 0) is 26.1 Å². The first kappa shape index (κ1) is 15.5. The number of nitrogens with one attached hydrogen (secondary N) is 1. The lowest BCUT2D eigenvalue weighted by atomic mass is 10.2. The van der Waals surface area contributed by atoms with Crippen LogP contribution in [0.5, 0.6) is 0 Å². The molecule has 0 saturated carbocycles. The van der Waals surface area contributed by atoms with Crippen molar-refractivity contribution in [3.8, 4) is 0 Å². The lowest BCUT2D eigenvalue weighted by molar-refractivity contribution is 0.144. The van der Waals surface area contributed by atoms with E-state index in [4.69, 9.17) is 4.42 Å². The van der Waals surface area contributed by atoms with Crippen LogP contribution in [0.3, 0.4) is 0 Å². The predicted molar refractivity (Wildman–Crippen MR) is 89.1 cm³/mol. The molecule has 1 atom stereocenters. The fraction of sp³-hybridized carbons (Fsp3) is 0.588. The number of benzene rings is 1. The topological polar surface area (TPSA) is 44.5 Å². The summed E-state index contributed by atoms with van der Waals surface area (Å²) in [6.45, 7) is 8.97. The van der Waals surface area contributed by atoms with E-state index in [1.165, 1.54) is 26.2 Å². The van der Waals surface area contributed by atoms with Gasteiger partial charge in [0.2, 0.25) is 0 Å². The van der Waals surface area contributed by atoms with E-state index in [2.05, 4.69) is 34.1 Å². The summed E-state index contributed by atoms with van der Waals surface area (Å²) in [5.41, 5.74) is 1.82. The number of fused-ring (bicyclic) bond motifs is 1. The van der Waals surface area contributed by atoms with Crippen LogP contribution in [0.2, 0.25) is 0 Å². The van der Waals surface area contributed by atoms with E-state index in [0.29, 0.717) is 6.04 Å². The van der Waals surface area contributed by atoms with Crippen LogP contribution in [0.1, 0.15) is 12.8 Å². The molecule has 5 nitrogen and oxygen atoms in total. The van der Waals surface area contributed by atoms with Crippen molar-refractivity contribution in [3.05, 3.63) is 30.2 Å². The molecule has 0 spiro atoms. The molecular formula is C17H26N4O. The summed E-state index contributed by atoms with van der Waals surface area (Å²) >= 11 is 0. The minimum Gasteiger partial charge on any atom is -0.441 e. The molecule has 0 aliphatic carbocycles. The summed E-state index contributed by atoms with van der Waals surface area (Å²) < 4.78 is 5.74. The van der Waals surface area contributed by atoms with Crippen LogP contribution in [0.4, 0.5) is 0 Å². The van der Waals surface area contributed by atoms with Gasteiger partial charge >= 0.3 is 0 Å². The van der Waals surface area contributed by atoms with Gasteiger partial charge in [0.25, 0.3) is 0 Å². The molecule has 2 heterocycles. The molecule has 0 amide bonds. The van der Waals surface area contributed by atoms with Crippen molar-refractivity contribution in [2.75, 3.05) is 46.3 Å². The highest BCUT2D eigenvalue weighted by Crippen LogP contribution is 2.14. The second kappa shape index (κ2) is 7.22. The predicted octanol–water partition coefficient (Wildman–Crippen LogP) is 1.60. The van der Waals surface area contributed by atoms with E-state index in [9.17, 15) is 0 Å². The number of likely N-dealkylation sites (N-methyl/N-ethyl adjacent to an activating group) is 1. The molecule has 22 heavy (non-hydrogen) atoms. The Hall–Kier alpha value is -1.43. The maximum Gasteiger partial charge on any atom is 0.196 e. The van der Waals surface area contributed by atoms with Crippen molar-refractivity contribution >= 4 is 11.1 Å². The Morgan fingerprint density at radius 3 is 2.77 bits per heavy atom. The Labute approximate surface area is 132 Å². The van der Waals surface area contributed by atoms with Crippen LogP contribution in [0, 0.1) is 0 Å². The van der Waals surface area contributed by atoms with Gasteiger partial charge in [0, 0.05) is 51.7 Å². The molecular weight excluding hydrogens is 276 g/mol. The zero-order chi connectivity index (χ0) is 15.4. The van der Waals surface area contributed by atoms with Crippen LogP contribution in [-0.4, -0.2) is 67.1 Å². The number of piperazine rings is 1. The third-order valence-electron chi connectivity index (χ3n) is 4.30. The third-order valence-corrected chi connectivity index (χ3v) is 4.30. The number of nitrogens with zero attached hydrogens (tertiary/aromatic N) is 3. The standard InChI is InChI=1S/C17H26N4O/c1-14(13-21-11-9-20(2)10-12-21)18-8-7-17-19-15-5-3-4-6-16(15)22-17/h3-6,14,18H,7-13H2,1-2H3. The van der Waals surface area contributed by atoms with Crippen LogP contribution in [0.25, 0.3) is 11.1 Å². The van der Waals surface area contributed by atoms with E-state index in [1.54, 1.807) is 0 Å². The summed E-state index contributed by atoms with van der Waals surface area (Å²) in [5, 5.41) is 3.58. The first-order valence-corrected chi connectivity index (χ1v) is 8.19. The molecule has 120 valence electrons. The highest BCUT2D eigenvalue weighted by atomic mass is 16.3. The lowest BCUT2D eigenvalue weighted by Gasteiger charge is -2.34. The maximum absolute atomic E-state index is 5.74. The number of para-hydroxylation sites is 2. The highest BCUT2D eigenvalue weighted by molar-refractivity contribution is 5.72. The summed E-state index contributed by atoms with van der Waals surface area (Å²) in [4.78, 5) is 9.44. The largest absolute Gasteiger partial charge is 0.441 e. The van der Waals surface area contributed by atoms with Crippen molar-refractivity contribution in [1.29, 1.82) is 0 Å². The minimum atomic E-state index is 0.493. The smallest absolute Gasteiger partial charge is 0.196 e. The zero-order valence-corrected chi connectivity index (χ0v) is 13.6. The monoisotopic (exact) mass is 302 g/mol. The van der Waals surface area contributed by atoms with Crippen LogP contribution < -0.4 is 5.32 Å². The van der Waals surface area contributed by atoms with Crippen LogP contribution in [0.15, 0.2) is 28.7 Å². The van der Waals surface area contributed by atoms with Gasteiger partial charge in [-0.25, -0.2) is 4.98 Å². The number of hydrogen-bond acceptors (Lipinski definition) is 5. The van der Waals surface area contributed by atoms with E-state index in [1.807, 2.05) is 24.3 Å². The van der Waals surface area contributed by atoms with E-state index in [0.717, 1.165) is 36.5 Å². The summed E-state index contributed by atoms with van der Waals surface area (Å²) in [5.74, 6) is 0.820. The molecule has 1 aromatic heterocycles. The molecule has 0 radical (unpaired) electrons. The Morgan fingerprint density at radius 1 is 1.23 bits per heavy atom. The average Bonchev–Trinajstić information content (AvgIpc) is 2.92. The molecule has 0 bridgehead atoms. The van der Waals surface area contributed by atoms with Crippen molar-refractivity contribution in [2.24, 2.45) is 0 Å². The number of aromatic nitrogens is 1. The number of hydrogen-bond donors (Lipinski definition) is 1. The average molecular weight is 302 g/mol. The van der Waals surface area contributed by atoms with Crippen molar-refractivity contribution in [3.63, 3.8) is 0 Å². The fourth-order valence-corrected chi connectivity index (χ4v) is 2.93. The lowest BCUT2D eigenvalue weighted by Crippen LogP contribution is -2.49. The number of oxazole rings is 1. The molecule has 1 saturated heterocycles. The first-order chi connectivity index (χ1) is 10.7. The normalized spacial score (nSPS) is 18.8. The Balaban J connectivity index is 1.40. The van der Waals surface area contributed by atoms with Gasteiger partial charge in [-0.1, -0.05) is 12.1 Å². The Morgan fingerprint density at radius 2 is 2.00 bits per heavy atom. The van der Waals surface area contributed by atoms with Crippen molar-refractivity contribution in [1.82, 2.24) is 20.1 Å². The third kappa shape index (κ3) is 4.06. The van der Waals surface area contributed by atoms with Gasteiger partial charge in [0.05, 0.1) is 0 Å². The fourth-order valence-electron chi connectivity index (χ4n) is 2.93. The van der Waals surface area contributed by atoms with E-state index < -0.39 is 0 Å². The maximum atomic E-state index is 5.74. The molecule has 5 heteroatoms. The van der Waals surface area contributed by atoms with Gasteiger partial charge in [-0.2, -0.15) is 0 Å². The summed E-state index contributed by atoms with van der Waals surface area (Å²) in [6, 6.07) is 8.42. The van der Waals surface area contributed by atoms with E-state index in [-0.39, 0.29) is 0 Å². The van der Waals surface area contributed by atoms with Crippen LogP contribution >= 0.6 is 0 Å². The molecule has 1 N–H and O–H groups in total. The molecule has 1 fully saturated rings. The molecule has 2 aromatic rings. The summed E-state index contributed by atoms with van der Waals surface area (Å²) in [6.07, 6.45) is 0.835. The molecule has 1 aliphatic rings. The van der Waals surface area contributed by atoms with Crippen LogP contribution in [-0.2, 0) is 6.42 Å². The van der Waals surface area contributed by atoms with Gasteiger partial charge in [-0.3, -0.25) is 4.90 Å². The summed E-state index contributed by atoms with van der Waals surface area (Å²) in [7, 11) is 2.19. The SMILES string of the molecule is CC(CN1CCN(C)CC1)NCCc1nc2ccccc2o1.